The van der Waals surface area contributed by atoms with E-state index in [1.165, 1.54) is 0 Å². The fourth-order valence-corrected chi connectivity index (χ4v) is 2.23. The van der Waals surface area contributed by atoms with Crippen LogP contribution in [0.15, 0.2) is 6.33 Å². The molecule has 7 nitrogen and oxygen atoms in total. The highest BCUT2D eigenvalue weighted by Gasteiger charge is 2.37. The Bertz CT molecular complexity index is 420. The number of carboxylic acids is 1. The fourth-order valence-electron chi connectivity index (χ4n) is 2.23. The van der Waals surface area contributed by atoms with Gasteiger partial charge in [-0.15, -0.1) is 10.2 Å². The molecular formula is C11H18N4O3. The fraction of sp³-hybridized carbons (Fsp3) is 0.727. The molecule has 0 amide bonds. The van der Waals surface area contributed by atoms with Crippen molar-refractivity contribution in [2.24, 2.45) is 13.0 Å². The quantitative estimate of drug-likeness (QED) is 0.779. The van der Waals surface area contributed by atoms with Gasteiger partial charge in [0.25, 0.3) is 0 Å². The summed E-state index contributed by atoms with van der Waals surface area (Å²) in [6.45, 7) is 4.10. The number of nitrogens with zero attached hydrogens (tertiary/aromatic N) is 4. The van der Waals surface area contributed by atoms with Crippen molar-refractivity contribution in [3.8, 4) is 0 Å². The van der Waals surface area contributed by atoms with Crippen molar-refractivity contribution in [1.82, 2.24) is 19.7 Å². The summed E-state index contributed by atoms with van der Waals surface area (Å²) in [6, 6.07) is -0.0933. The summed E-state index contributed by atoms with van der Waals surface area (Å²) in [7, 11) is 1.88. The lowest BCUT2D eigenvalue weighted by Crippen LogP contribution is -2.43. The van der Waals surface area contributed by atoms with Gasteiger partial charge in [-0.1, -0.05) is 6.92 Å². The normalized spacial score (nSPS) is 23.7. The molecule has 0 saturated carbocycles. The SMILES string of the molecule is CCN(Cc1nncn1C)C1COCC1C(=O)O. The van der Waals surface area contributed by atoms with Gasteiger partial charge in [0.05, 0.1) is 25.7 Å². The minimum atomic E-state index is -0.797. The lowest BCUT2D eigenvalue weighted by Gasteiger charge is -2.28. The second kappa shape index (κ2) is 5.45. The van der Waals surface area contributed by atoms with Crippen LogP contribution >= 0.6 is 0 Å². The maximum atomic E-state index is 11.2. The lowest BCUT2D eigenvalue weighted by atomic mass is 10.0. The first kappa shape index (κ1) is 13.0. The Balaban J connectivity index is 2.09. The smallest absolute Gasteiger partial charge is 0.310 e. The van der Waals surface area contributed by atoms with E-state index in [1.54, 1.807) is 6.33 Å². The van der Waals surface area contributed by atoms with Crippen molar-refractivity contribution >= 4 is 5.97 Å². The Morgan fingerprint density at radius 2 is 2.44 bits per heavy atom. The number of carbonyl (C=O) groups is 1. The molecule has 1 aliphatic heterocycles. The van der Waals surface area contributed by atoms with Crippen molar-refractivity contribution in [3.63, 3.8) is 0 Å². The second-order valence-electron chi connectivity index (χ2n) is 4.47. The third-order valence-electron chi connectivity index (χ3n) is 3.39. The molecule has 1 N–H and O–H groups in total. The van der Waals surface area contributed by atoms with E-state index in [1.807, 2.05) is 18.5 Å². The van der Waals surface area contributed by atoms with Crippen LogP contribution in [0, 0.1) is 5.92 Å². The number of rotatable bonds is 5. The Labute approximate surface area is 105 Å². The first-order chi connectivity index (χ1) is 8.63. The Kier molecular flexibility index (Phi) is 3.93. The molecule has 100 valence electrons. The number of aliphatic carboxylic acids is 1. The Morgan fingerprint density at radius 1 is 1.67 bits per heavy atom. The summed E-state index contributed by atoms with van der Waals surface area (Å²) in [5.74, 6) is -0.431. The van der Waals surface area contributed by atoms with E-state index in [2.05, 4.69) is 15.1 Å². The largest absolute Gasteiger partial charge is 0.481 e. The second-order valence-corrected chi connectivity index (χ2v) is 4.47. The summed E-state index contributed by atoms with van der Waals surface area (Å²) in [4.78, 5) is 13.2. The topological polar surface area (TPSA) is 80.5 Å². The van der Waals surface area contributed by atoms with Crippen LogP contribution in [-0.2, 0) is 23.1 Å². The molecule has 2 rings (SSSR count). The zero-order valence-corrected chi connectivity index (χ0v) is 10.6. The molecule has 7 heteroatoms. The van der Waals surface area contributed by atoms with Crippen LogP contribution in [0.3, 0.4) is 0 Å². The Hall–Kier alpha value is -1.47. The van der Waals surface area contributed by atoms with Crippen molar-refractivity contribution < 1.29 is 14.6 Å². The van der Waals surface area contributed by atoms with Crippen molar-refractivity contribution in [1.29, 1.82) is 0 Å². The predicted octanol–water partition coefficient (Wildman–Crippen LogP) is -0.263. The van der Waals surface area contributed by atoms with E-state index in [0.717, 1.165) is 12.4 Å². The minimum absolute atomic E-state index is 0.0933. The molecule has 1 saturated heterocycles. The molecule has 0 bridgehead atoms. The summed E-state index contributed by atoms with van der Waals surface area (Å²) >= 11 is 0. The molecule has 1 fully saturated rings. The summed E-state index contributed by atoms with van der Waals surface area (Å²) in [5, 5.41) is 17.0. The number of hydrogen-bond acceptors (Lipinski definition) is 5. The van der Waals surface area contributed by atoms with Crippen LogP contribution in [0.2, 0.25) is 0 Å². The van der Waals surface area contributed by atoms with Gasteiger partial charge in [0.2, 0.25) is 0 Å². The van der Waals surface area contributed by atoms with Crippen LogP contribution in [0.1, 0.15) is 12.7 Å². The summed E-state index contributed by atoms with van der Waals surface area (Å²) in [6.07, 6.45) is 1.64. The molecule has 0 aliphatic carbocycles. The maximum Gasteiger partial charge on any atom is 0.310 e. The third kappa shape index (κ3) is 2.51. The number of aromatic nitrogens is 3. The first-order valence-corrected chi connectivity index (χ1v) is 6.01. The number of likely N-dealkylation sites (N-methyl/N-ethyl adjacent to an activating group) is 1. The van der Waals surface area contributed by atoms with Crippen LogP contribution in [0.5, 0.6) is 0 Å². The number of hydrogen-bond donors (Lipinski definition) is 1. The molecule has 1 aliphatic rings. The molecule has 1 aromatic rings. The van der Waals surface area contributed by atoms with Gasteiger partial charge in [-0.25, -0.2) is 0 Å². The molecule has 2 atom stereocenters. The van der Waals surface area contributed by atoms with Gasteiger partial charge >= 0.3 is 5.97 Å². The van der Waals surface area contributed by atoms with E-state index in [-0.39, 0.29) is 12.6 Å². The highest BCUT2D eigenvalue weighted by Crippen LogP contribution is 2.21. The van der Waals surface area contributed by atoms with E-state index in [9.17, 15) is 4.79 Å². The monoisotopic (exact) mass is 254 g/mol. The van der Waals surface area contributed by atoms with Gasteiger partial charge in [0.1, 0.15) is 12.2 Å². The van der Waals surface area contributed by atoms with E-state index in [0.29, 0.717) is 13.2 Å². The van der Waals surface area contributed by atoms with Gasteiger partial charge in [0, 0.05) is 13.1 Å². The van der Waals surface area contributed by atoms with Crippen LogP contribution in [0.25, 0.3) is 0 Å². The van der Waals surface area contributed by atoms with Gasteiger partial charge in [-0.2, -0.15) is 0 Å². The van der Waals surface area contributed by atoms with Crippen molar-refractivity contribution in [2.75, 3.05) is 19.8 Å². The van der Waals surface area contributed by atoms with E-state index >= 15 is 0 Å². The molecule has 0 aromatic carbocycles. The number of aryl methyl sites for hydroxylation is 1. The molecule has 0 spiro atoms. The average molecular weight is 254 g/mol. The lowest BCUT2D eigenvalue weighted by molar-refractivity contribution is -0.143. The molecule has 2 heterocycles. The average Bonchev–Trinajstić information content (AvgIpc) is 2.95. The Morgan fingerprint density at radius 3 is 3.00 bits per heavy atom. The maximum absolute atomic E-state index is 11.2. The zero-order chi connectivity index (χ0) is 13.1. The standard InChI is InChI=1S/C11H18N4O3/c1-3-15(4-10-13-12-7-14(10)2)9-6-18-5-8(9)11(16)17/h7-9H,3-6H2,1-2H3,(H,16,17). The van der Waals surface area contributed by atoms with Gasteiger partial charge in [0.15, 0.2) is 0 Å². The van der Waals surface area contributed by atoms with E-state index in [4.69, 9.17) is 9.84 Å². The van der Waals surface area contributed by atoms with Crippen molar-refractivity contribution in [2.45, 2.75) is 19.5 Å². The number of ether oxygens (including phenoxy) is 1. The zero-order valence-electron chi connectivity index (χ0n) is 10.6. The molecular weight excluding hydrogens is 236 g/mol. The minimum Gasteiger partial charge on any atom is -0.481 e. The molecule has 2 unspecified atom stereocenters. The molecule has 18 heavy (non-hydrogen) atoms. The van der Waals surface area contributed by atoms with E-state index < -0.39 is 11.9 Å². The first-order valence-electron chi connectivity index (χ1n) is 6.01. The van der Waals surface area contributed by atoms with Gasteiger partial charge in [-0.3, -0.25) is 9.69 Å². The van der Waals surface area contributed by atoms with Crippen LogP contribution < -0.4 is 0 Å². The van der Waals surface area contributed by atoms with Crippen molar-refractivity contribution in [3.05, 3.63) is 12.2 Å². The predicted molar refractivity (Wildman–Crippen MR) is 62.8 cm³/mol. The summed E-state index contributed by atoms with van der Waals surface area (Å²) in [5.41, 5.74) is 0. The highest BCUT2D eigenvalue weighted by atomic mass is 16.5. The third-order valence-corrected chi connectivity index (χ3v) is 3.39. The summed E-state index contributed by atoms with van der Waals surface area (Å²) < 4.78 is 7.14. The van der Waals surface area contributed by atoms with Crippen LogP contribution in [0.4, 0.5) is 0 Å². The van der Waals surface area contributed by atoms with Crippen LogP contribution in [-0.4, -0.2) is 56.5 Å². The van der Waals surface area contributed by atoms with Gasteiger partial charge < -0.3 is 14.4 Å². The number of carboxylic acid groups (broad SMARTS) is 1. The highest BCUT2D eigenvalue weighted by molar-refractivity contribution is 5.71. The molecule has 1 aromatic heterocycles. The van der Waals surface area contributed by atoms with Gasteiger partial charge in [-0.05, 0) is 6.54 Å². The molecule has 0 radical (unpaired) electrons.